The summed E-state index contributed by atoms with van der Waals surface area (Å²) >= 11 is 0. The SMILES string of the molecule is [CH2-]/C=C\Oc1ccc(OC)cc1.[Li+]. The van der Waals surface area contributed by atoms with E-state index in [1.54, 1.807) is 13.2 Å². The molecule has 0 aliphatic carbocycles. The van der Waals surface area contributed by atoms with Crippen LogP contribution in [0.1, 0.15) is 0 Å². The van der Waals surface area contributed by atoms with Gasteiger partial charge in [0.1, 0.15) is 11.5 Å². The average molecular weight is 170 g/mol. The van der Waals surface area contributed by atoms with Gasteiger partial charge in [0.25, 0.3) is 0 Å². The number of hydrogen-bond donors (Lipinski definition) is 0. The third-order valence-electron chi connectivity index (χ3n) is 1.36. The normalized spacial score (nSPS) is 9.31. The summed E-state index contributed by atoms with van der Waals surface area (Å²) in [5, 5.41) is 0. The van der Waals surface area contributed by atoms with Crippen LogP contribution in [0.25, 0.3) is 0 Å². The summed E-state index contributed by atoms with van der Waals surface area (Å²) in [7, 11) is 1.63. The van der Waals surface area contributed by atoms with Gasteiger partial charge in [0.05, 0.1) is 7.11 Å². The number of hydrogen-bond acceptors (Lipinski definition) is 2. The average Bonchev–Trinajstić information content (AvgIpc) is 2.15. The van der Waals surface area contributed by atoms with E-state index < -0.39 is 0 Å². The zero-order valence-electron chi connectivity index (χ0n) is 7.99. The van der Waals surface area contributed by atoms with Crippen molar-refractivity contribution in [2.24, 2.45) is 0 Å². The second-order valence-electron chi connectivity index (χ2n) is 2.17. The van der Waals surface area contributed by atoms with Crippen molar-refractivity contribution >= 4 is 0 Å². The van der Waals surface area contributed by atoms with Crippen molar-refractivity contribution in [3.63, 3.8) is 0 Å². The molecule has 0 spiro atoms. The van der Waals surface area contributed by atoms with Crippen LogP contribution in [-0.2, 0) is 0 Å². The minimum atomic E-state index is 0. The van der Waals surface area contributed by atoms with E-state index in [1.807, 2.05) is 24.3 Å². The van der Waals surface area contributed by atoms with Crippen LogP contribution in [-0.4, -0.2) is 7.11 Å². The van der Waals surface area contributed by atoms with Gasteiger partial charge >= 0.3 is 18.9 Å². The number of ether oxygens (including phenoxy) is 2. The molecule has 2 nitrogen and oxygen atoms in total. The van der Waals surface area contributed by atoms with E-state index in [2.05, 4.69) is 6.92 Å². The fourth-order valence-corrected chi connectivity index (χ4v) is 0.781. The van der Waals surface area contributed by atoms with Crippen LogP contribution in [0.15, 0.2) is 36.6 Å². The quantitative estimate of drug-likeness (QED) is 0.343. The largest absolute Gasteiger partial charge is 1.00 e. The van der Waals surface area contributed by atoms with Gasteiger partial charge in [-0.1, -0.05) is 6.26 Å². The molecule has 0 saturated heterocycles. The Balaban J connectivity index is 0.00000144. The number of allylic oxidation sites excluding steroid dienone is 1. The van der Waals surface area contributed by atoms with Gasteiger partial charge in [0.2, 0.25) is 0 Å². The molecule has 0 saturated carbocycles. The van der Waals surface area contributed by atoms with Gasteiger partial charge in [-0.25, -0.2) is 6.92 Å². The number of benzene rings is 1. The molecule has 0 aromatic heterocycles. The predicted octanol–water partition coefficient (Wildman–Crippen LogP) is -0.574. The molecule has 0 radical (unpaired) electrons. The second-order valence-corrected chi connectivity index (χ2v) is 2.17. The summed E-state index contributed by atoms with van der Waals surface area (Å²) in [5.74, 6) is 1.59. The Morgan fingerprint density at radius 1 is 1.15 bits per heavy atom. The maximum atomic E-state index is 5.16. The molecule has 0 amide bonds. The summed E-state index contributed by atoms with van der Waals surface area (Å²) in [4.78, 5) is 0. The van der Waals surface area contributed by atoms with E-state index in [-0.39, 0.29) is 18.9 Å². The first-order chi connectivity index (χ1) is 5.86. The molecule has 0 heterocycles. The van der Waals surface area contributed by atoms with Crippen molar-refractivity contribution in [1.29, 1.82) is 0 Å². The van der Waals surface area contributed by atoms with Crippen molar-refractivity contribution in [3.05, 3.63) is 43.5 Å². The van der Waals surface area contributed by atoms with Crippen LogP contribution in [0.2, 0.25) is 0 Å². The molecule has 0 fully saturated rings. The van der Waals surface area contributed by atoms with Gasteiger partial charge in [-0.3, -0.25) is 0 Å². The molecule has 0 atom stereocenters. The van der Waals surface area contributed by atoms with Crippen molar-refractivity contribution in [2.75, 3.05) is 7.11 Å². The van der Waals surface area contributed by atoms with Crippen molar-refractivity contribution < 1.29 is 28.3 Å². The first-order valence-electron chi connectivity index (χ1n) is 3.62. The molecule has 64 valence electrons. The third kappa shape index (κ3) is 3.98. The van der Waals surface area contributed by atoms with Crippen molar-refractivity contribution in [3.8, 4) is 11.5 Å². The van der Waals surface area contributed by atoms with Crippen LogP contribution in [0.5, 0.6) is 11.5 Å². The minimum Gasteiger partial charge on any atom is -0.553 e. The topological polar surface area (TPSA) is 18.5 Å². The third-order valence-corrected chi connectivity index (χ3v) is 1.36. The van der Waals surface area contributed by atoms with Crippen LogP contribution in [0.3, 0.4) is 0 Å². The van der Waals surface area contributed by atoms with E-state index in [0.717, 1.165) is 11.5 Å². The van der Waals surface area contributed by atoms with Gasteiger partial charge in [-0.15, -0.1) is 0 Å². The summed E-state index contributed by atoms with van der Waals surface area (Å²) in [5.41, 5.74) is 0. The molecule has 0 N–H and O–H groups in total. The Morgan fingerprint density at radius 2 is 1.69 bits per heavy atom. The zero-order valence-corrected chi connectivity index (χ0v) is 7.99. The Hall–Kier alpha value is -0.973. The van der Waals surface area contributed by atoms with Gasteiger partial charge in [-0.2, -0.15) is 6.08 Å². The molecular formula is C10H11LiO2. The van der Waals surface area contributed by atoms with Crippen LogP contribution in [0.4, 0.5) is 0 Å². The van der Waals surface area contributed by atoms with Gasteiger partial charge in [0, 0.05) is 0 Å². The fraction of sp³-hybridized carbons (Fsp3) is 0.100. The van der Waals surface area contributed by atoms with E-state index in [9.17, 15) is 0 Å². The molecule has 13 heavy (non-hydrogen) atoms. The van der Waals surface area contributed by atoms with E-state index in [0.29, 0.717) is 0 Å². The summed E-state index contributed by atoms with van der Waals surface area (Å²) < 4.78 is 10.1. The van der Waals surface area contributed by atoms with Gasteiger partial charge < -0.3 is 9.47 Å². The molecule has 0 aliphatic rings. The summed E-state index contributed by atoms with van der Waals surface area (Å²) in [6.45, 7) is 3.50. The van der Waals surface area contributed by atoms with Crippen LogP contribution < -0.4 is 28.3 Å². The number of methoxy groups -OCH3 is 1. The van der Waals surface area contributed by atoms with Gasteiger partial charge in [0.15, 0.2) is 0 Å². The Labute approximate surface area is 90.7 Å². The fourth-order valence-electron chi connectivity index (χ4n) is 0.781. The Morgan fingerprint density at radius 3 is 2.15 bits per heavy atom. The molecule has 0 aliphatic heterocycles. The Bertz CT molecular complexity index is 254. The van der Waals surface area contributed by atoms with Crippen LogP contribution in [0, 0.1) is 6.92 Å². The number of rotatable bonds is 3. The maximum Gasteiger partial charge on any atom is 1.00 e. The molecule has 0 unspecified atom stereocenters. The summed E-state index contributed by atoms with van der Waals surface area (Å²) in [6.07, 6.45) is 3.12. The second kappa shape index (κ2) is 6.53. The maximum absolute atomic E-state index is 5.16. The van der Waals surface area contributed by atoms with E-state index in [4.69, 9.17) is 9.47 Å². The molecule has 1 rings (SSSR count). The predicted molar refractivity (Wildman–Crippen MR) is 48.1 cm³/mol. The van der Waals surface area contributed by atoms with Crippen molar-refractivity contribution in [1.82, 2.24) is 0 Å². The first-order valence-corrected chi connectivity index (χ1v) is 3.62. The standard InChI is InChI=1S/C10H11O2.Li/c1-3-8-12-10-6-4-9(11-2)5-7-10;/h3-8H,1H2,2H3;/q-1;+1/b8-3-;. The smallest absolute Gasteiger partial charge is 0.553 e. The van der Waals surface area contributed by atoms with E-state index >= 15 is 0 Å². The minimum absolute atomic E-state index is 0. The van der Waals surface area contributed by atoms with Crippen LogP contribution >= 0.6 is 0 Å². The molecule has 0 bridgehead atoms. The molecule has 1 aromatic rings. The van der Waals surface area contributed by atoms with Gasteiger partial charge in [-0.05, 0) is 24.3 Å². The first kappa shape index (κ1) is 12.0. The summed E-state index contributed by atoms with van der Waals surface area (Å²) in [6, 6.07) is 7.34. The monoisotopic (exact) mass is 170 g/mol. The molecular weight excluding hydrogens is 159 g/mol. The van der Waals surface area contributed by atoms with E-state index in [1.165, 1.54) is 6.26 Å². The molecule has 1 aromatic carbocycles. The zero-order chi connectivity index (χ0) is 8.81. The van der Waals surface area contributed by atoms with Crippen molar-refractivity contribution in [2.45, 2.75) is 0 Å². The molecule has 3 heteroatoms. The Kier molecular flexibility index (Phi) is 6.04.